The molecular formula is C20H31FN4O4S. The van der Waals surface area contributed by atoms with Gasteiger partial charge >= 0.3 is 0 Å². The molecule has 0 radical (unpaired) electrons. The fraction of sp³-hybridized carbons (Fsp3) is 0.650. The van der Waals surface area contributed by atoms with Gasteiger partial charge in [-0.1, -0.05) is 0 Å². The first kappa shape index (κ1) is 22.9. The Balaban J connectivity index is 1.64. The molecule has 2 heterocycles. The minimum atomic E-state index is -3.41. The van der Waals surface area contributed by atoms with E-state index >= 15 is 0 Å². The first-order valence-corrected chi connectivity index (χ1v) is 12.1. The van der Waals surface area contributed by atoms with Crippen molar-refractivity contribution in [3.8, 4) is 0 Å². The van der Waals surface area contributed by atoms with Crippen molar-refractivity contribution in [2.45, 2.75) is 18.4 Å². The van der Waals surface area contributed by atoms with E-state index in [2.05, 4.69) is 10.2 Å². The summed E-state index contributed by atoms with van der Waals surface area (Å²) in [6.45, 7) is 2.97. The molecular weight excluding hydrogens is 411 g/mol. The van der Waals surface area contributed by atoms with Crippen LogP contribution in [0.3, 0.4) is 0 Å². The van der Waals surface area contributed by atoms with Crippen LogP contribution in [-0.4, -0.2) is 93.4 Å². The monoisotopic (exact) mass is 442 g/mol. The lowest BCUT2D eigenvalue weighted by molar-refractivity contribution is -0.125. The summed E-state index contributed by atoms with van der Waals surface area (Å²) in [5.41, 5.74) is 0.0148. The van der Waals surface area contributed by atoms with Gasteiger partial charge in [0, 0.05) is 58.5 Å². The predicted molar refractivity (Wildman–Crippen MR) is 113 cm³/mol. The number of aliphatic hydroxyl groups is 1. The third kappa shape index (κ3) is 5.69. The molecule has 1 aromatic rings. The first-order valence-electron chi connectivity index (χ1n) is 10.2. The summed E-state index contributed by atoms with van der Waals surface area (Å²) in [7, 11) is -1.86. The topological polar surface area (TPSA) is 93.2 Å². The number of halogens is 1. The van der Waals surface area contributed by atoms with Gasteiger partial charge in [0.25, 0.3) is 0 Å². The van der Waals surface area contributed by atoms with Gasteiger partial charge in [0.1, 0.15) is 5.82 Å². The van der Waals surface area contributed by atoms with Gasteiger partial charge in [-0.2, -0.15) is 0 Å². The number of carbonyl (C=O) groups excluding carboxylic acids is 1. The van der Waals surface area contributed by atoms with Crippen LogP contribution in [0.1, 0.15) is 12.8 Å². The number of hydrogen-bond acceptors (Lipinski definition) is 6. The molecule has 2 N–H and O–H groups in total. The van der Waals surface area contributed by atoms with Crippen molar-refractivity contribution in [1.29, 1.82) is 0 Å². The van der Waals surface area contributed by atoms with Crippen molar-refractivity contribution in [3.63, 3.8) is 0 Å². The lowest BCUT2D eigenvalue weighted by atomic mass is 9.90. The van der Waals surface area contributed by atoms with Crippen LogP contribution in [0.15, 0.2) is 24.3 Å². The molecule has 0 aromatic heterocycles. The second-order valence-corrected chi connectivity index (χ2v) is 10.3. The molecule has 1 atom stereocenters. The molecule has 8 nitrogen and oxygen atoms in total. The molecule has 0 saturated carbocycles. The number of hydrogen-bond donors (Lipinski definition) is 2. The van der Waals surface area contributed by atoms with Gasteiger partial charge in [0.2, 0.25) is 15.9 Å². The number of amides is 1. The highest BCUT2D eigenvalue weighted by atomic mass is 32.2. The summed E-state index contributed by atoms with van der Waals surface area (Å²) in [5, 5.41) is 13.8. The van der Waals surface area contributed by atoms with Crippen LogP contribution in [0.2, 0.25) is 0 Å². The largest absolute Gasteiger partial charge is 0.388 e. The minimum absolute atomic E-state index is 0.145. The number of benzene rings is 1. The summed E-state index contributed by atoms with van der Waals surface area (Å²) in [6.07, 6.45) is 2.24. The van der Waals surface area contributed by atoms with E-state index in [0.717, 1.165) is 11.9 Å². The molecule has 2 aliphatic heterocycles. The Kier molecular flexibility index (Phi) is 7.01. The van der Waals surface area contributed by atoms with Crippen molar-refractivity contribution in [1.82, 2.24) is 14.5 Å². The van der Waals surface area contributed by atoms with Crippen LogP contribution in [0.4, 0.5) is 10.1 Å². The number of anilines is 1. The van der Waals surface area contributed by atoms with Gasteiger partial charge in [-0.3, -0.25) is 9.69 Å². The van der Waals surface area contributed by atoms with Crippen LogP contribution in [0.25, 0.3) is 0 Å². The van der Waals surface area contributed by atoms with Gasteiger partial charge in [0.05, 0.1) is 17.8 Å². The molecule has 0 bridgehead atoms. The van der Waals surface area contributed by atoms with Gasteiger partial charge in [-0.25, -0.2) is 17.1 Å². The number of rotatable bonds is 5. The second kappa shape index (κ2) is 9.17. The molecule has 3 rings (SSSR count). The van der Waals surface area contributed by atoms with Gasteiger partial charge < -0.3 is 15.3 Å². The zero-order valence-electron chi connectivity index (χ0n) is 17.6. The minimum Gasteiger partial charge on any atom is -0.388 e. The molecule has 2 aliphatic rings. The SMILES string of the molecule is CNC(=O)[C@@H]1CN(CC2(O)CCN(c3ccc(F)cc3)CC2)CCN(S(C)(=O)=O)C1. The average molecular weight is 443 g/mol. The van der Waals surface area contributed by atoms with E-state index in [0.29, 0.717) is 52.1 Å². The Morgan fingerprint density at radius 3 is 2.37 bits per heavy atom. The lowest BCUT2D eigenvalue weighted by Gasteiger charge is -2.42. The summed E-state index contributed by atoms with van der Waals surface area (Å²) >= 11 is 0. The van der Waals surface area contributed by atoms with Crippen LogP contribution in [0, 0.1) is 11.7 Å². The van der Waals surface area contributed by atoms with E-state index in [1.165, 1.54) is 16.4 Å². The highest BCUT2D eigenvalue weighted by molar-refractivity contribution is 7.88. The average Bonchev–Trinajstić information content (AvgIpc) is 2.91. The molecule has 30 heavy (non-hydrogen) atoms. The molecule has 10 heteroatoms. The van der Waals surface area contributed by atoms with Crippen molar-refractivity contribution in [2.24, 2.45) is 5.92 Å². The maximum atomic E-state index is 13.2. The summed E-state index contributed by atoms with van der Waals surface area (Å²) in [5.74, 6) is -0.967. The molecule has 0 aliphatic carbocycles. The first-order chi connectivity index (χ1) is 14.1. The number of sulfonamides is 1. The Bertz CT molecular complexity index is 841. The number of carbonyl (C=O) groups is 1. The smallest absolute Gasteiger partial charge is 0.225 e. The quantitative estimate of drug-likeness (QED) is 0.672. The molecule has 0 unspecified atom stereocenters. The maximum absolute atomic E-state index is 13.2. The van der Waals surface area contributed by atoms with Gasteiger partial charge in [0.15, 0.2) is 0 Å². The summed E-state index contributed by atoms with van der Waals surface area (Å²) < 4.78 is 38.6. The fourth-order valence-electron chi connectivity index (χ4n) is 4.27. The molecule has 0 spiro atoms. The number of nitrogens with one attached hydrogen (secondary N) is 1. The highest BCUT2D eigenvalue weighted by Crippen LogP contribution is 2.28. The van der Waals surface area contributed by atoms with Crippen LogP contribution in [0.5, 0.6) is 0 Å². The molecule has 1 amide bonds. The highest BCUT2D eigenvalue weighted by Gasteiger charge is 2.37. The Labute approximate surface area is 177 Å². The van der Waals surface area contributed by atoms with Crippen molar-refractivity contribution in [3.05, 3.63) is 30.1 Å². The van der Waals surface area contributed by atoms with E-state index in [1.807, 2.05) is 4.90 Å². The van der Waals surface area contributed by atoms with E-state index in [-0.39, 0.29) is 18.3 Å². The normalized spacial score (nSPS) is 23.7. The van der Waals surface area contributed by atoms with Gasteiger partial charge in [-0.05, 0) is 37.1 Å². The summed E-state index contributed by atoms with van der Waals surface area (Å²) in [4.78, 5) is 16.4. The standard InChI is InChI=1S/C20H31FN4O4S/c1-22-19(26)16-13-23(11-12-25(14-16)30(2,28)29)15-20(27)7-9-24(10-8-20)18-5-3-17(21)4-6-18/h3-6,16,27H,7-15H2,1-2H3,(H,22,26)/t16-/m1/s1. The van der Waals surface area contributed by atoms with E-state index in [1.54, 1.807) is 19.2 Å². The molecule has 2 saturated heterocycles. The predicted octanol–water partition coefficient (Wildman–Crippen LogP) is 0.0964. The Hall–Kier alpha value is -1.75. The molecule has 1 aromatic carbocycles. The van der Waals surface area contributed by atoms with E-state index in [4.69, 9.17) is 0 Å². The third-order valence-corrected chi connectivity index (χ3v) is 7.33. The number of piperidine rings is 1. The van der Waals surface area contributed by atoms with E-state index < -0.39 is 21.5 Å². The summed E-state index contributed by atoms with van der Waals surface area (Å²) in [6, 6.07) is 6.34. The fourth-order valence-corrected chi connectivity index (χ4v) is 5.14. The van der Waals surface area contributed by atoms with E-state index in [9.17, 15) is 22.7 Å². The number of β-amino-alcohol motifs (C(OH)–C–C–N with tert-alkyl or cyclic N) is 1. The lowest BCUT2D eigenvalue weighted by Crippen LogP contribution is -2.52. The number of nitrogens with zero attached hydrogens (tertiary/aromatic N) is 3. The van der Waals surface area contributed by atoms with Crippen molar-refractivity contribution in [2.75, 3.05) is 64.0 Å². The Morgan fingerprint density at radius 2 is 1.80 bits per heavy atom. The second-order valence-electron chi connectivity index (χ2n) is 8.36. The third-order valence-electron chi connectivity index (χ3n) is 6.06. The van der Waals surface area contributed by atoms with Crippen molar-refractivity contribution < 1.29 is 22.7 Å². The van der Waals surface area contributed by atoms with Crippen LogP contribution in [-0.2, 0) is 14.8 Å². The molecule has 2 fully saturated rings. The Morgan fingerprint density at radius 1 is 1.17 bits per heavy atom. The van der Waals surface area contributed by atoms with Crippen molar-refractivity contribution >= 4 is 21.6 Å². The van der Waals surface area contributed by atoms with Crippen LogP contribution >= 0.6 is 0 Å². The van der Waals surface area contributed by atoms with Crippen LogP contribution < -0.4 is 10.2 Å². The zero-order chi connectivity index (χ0) is 21.9. The molecule has 168 valence electrons. The zero-order valence-corrected chi connectivity index (χ0v) is 18.4. The van der Waals surface area contributed by atoms with Gasteiger partial charge in [-0.15, -0.1) is 0 Å². The maximum Gasteiger partial charge on any atom is 0.225 e.